The topological polar surface area (TPSA) is 58.2 Å². The summed E-state index contributed by atoms with van der Waals surface area (Å²) < 4.78 is 29.7. The van der Waals surface area contributed by atoms with E-state index in [0.29, 0.717) is 6.42 Å². The van der Waals surface area contributed by atoms with Gasteiger partial charge < -0.3 is 5.32 Å². The SMILES string of the molecule is Cc1cc(N[C@H]2c3ccccc3C[C@@H]2NS(=O)(=O)c2ccccc2)ccc1Br. The van der Waals surface area contributed by atoms with E-state index in [0.717, 1.165) is 26.9 Å². The minimum Gasteiger partial charge on any atom is -0.377 e. The van der Waals surface area contributed by atoms with Gasteiger partial charge in [-0.05, 0) is 60.4 Å². The summed E-state index contributed by atoms with van der Waals surface area (Å²) in [5.74, 6) is 0. The molecule has 0 bridgehead atoms. The van der Waals surface area contributed by atoms with Crippen molar-refractivity contribution in [2.45, 2.75) is 30.3 Å². The summed E-state index contributed by atoms with van der Waals surface area (Å²) in [6, 6.07) is 22.3. The normalized spacial score (nSPS) is 18.6. The first kappa shape index (κ1) is 19.2. The van der Waals surface area contributed by atoms with Crippen molar-refractivity contribution in [1.82, 2.24) is 4.72 Å². The molecule has 1 aliphatic carbocycles. The van der Waals surface area contributed by atoms with Crippen LogP contribution in [0.4, 0.5) is 5.69 Å². The molecule has 0 saturated heterocycles. The van der Waals surface area contributed by atoms with Crippen LogP contribution in [0, 0.1) is 6.92 Å². The Kier molecular flexibility index (Phi) is 5.27. The molecule has 28 heavy (non-hydrogen) atoms. The number of nitrogens with one attached hydrogen (secondary N) is 2. The van der Waals surface area contributed by atoms with Gasteiger partial charge in [-0.1, -0.05) is 58.4 Å². The zero-order valence-corrected chi connectivity index (χ0v) is 17.8. The molecule has 6 heteroatoms. The maximum Gasteiger partial charge on any atom is 0.240 e. The molecule has 0 radical (unpaired) electrons. The lowest BCUT2D eigenvalue weighted by Gasteiger charge is -2.24. The summed E-state index contributed by atoms with van der Waals surface area (Å²) >= 11 is 3.53. The number of fused-ring (bicyclic) bond motifs is 1. The Balaban J connectivity index is 1.65. The van der Waals surface area contributed by atoms with Gasteiger partial charge in [0.25, 0.3) is 0 Å². The van der Waals surface area contributed by atoms with Crippen LogP contribution in [0.2, 0.25) is 0 Å². The average Bonchev–Trinajstić information content (AvgIpc) is 3.02. The molecule has 0 heterocycles. The van der Waals surface area contributed by atoms with Crippen molar-refractivity contribution < 1.29 is 8.42 Å². The third-order valence-electron chi connectivity index (χ3n) is 5.07. The van der Waals surface area contributed by atoms with Gasteiger partial charge in [0.05, 0.1) is 17.0 Å². The minimum absolute atomic E-state index is 0.143. The summed E-state index contributed by atoms with van der Waals surface area (Å²) in [5, 5.41) is 3.54. The summed E-state index contributed by atoms with van der Waals surface area (Å²) in [6.07, 6.45) is 0.648. The Hall–Kier alpha value is -2.15. The molecule has 4 rings (SSSR count). The molecular formula is C22H21BrN2O2S. The maximum absolute atomic E-state index is 12.9. The van der Waals surface area contributed by atoms with Gasteiger partial charge in [0, 0.05) is 10.2 Å². The molecule has 0 unspecified atom stereocenters. The van der Waals surface area contributed by atoms with E-state index in [2.05, 4.69) is 44.2 Å². The van der Waals surface area contributed by atoms with Gasteiger partial charge in [-0.2, -0.15) is 0 Å². The lowest BCUT2D eigenvalue weighted by molar-refractivity contribution is 0.529. The zero-order valence-electron chi connectivity index (χ0n) is 15.4. The van der Waals surface area contributed by atoms with Crippen LogP contribution in [0.5, 0.6) is 0 Å². The van der Waals surface area contributed by atoms with Crippen LogP contribution in [0.3, 0.4) is 0 Å². The molecule has 2 N–H and O–H groups in total. The standard InChI is InChI=1S/C22H21BrN2O2S/c1-15-13-17(11-12-20(15)23)24-22-19-10-6-5-7-16(19)14-21(22)25-28(26,27)18-8-3-2-4-9-18/h2-13,21-22,24-25H,14H2,1H3/t21-,22-/m0/s1. The average molecular weight is 457 g/mol. The van der Waals surface area contributed by atoms with Gasteiger partial charge in [-0.15, -0.1) is 0 Å². The first-order valence-corrected chi connectivity index (χ1v) is 11.4. The van der Waals surface area contributed by atoms with Crippen molar-refractivity contribution in [2.24, 2.45) is 0 Å². The van der Waals surface area contributed by atoms with Crippen molar-refractivity contribution in [3.05, 3.63) is 94.0 Å². The molecule has 3 aromatic carbocycles. The van der Waals surface area contributed by atoms with Gasteiger partial charge >= 0.3 is 0 Å². The number of benzene rings is 3. The van der Waals surface area contributed by atoms with Crippen LogP contribution < -0.4 is 10.0 Å². The molecule has 2 atom stereocenters. The third kappa shape index (κ3) is 3.85. The van der Waals surface area contributed by atoms with E-state index in [1.165, 1.54) is 0 Å². The first-order chi connectivity index (χ1) is 13.4. The predicted molar refractivity (Wildman–Crippen MR) is 116 cm³/mol. The predicted octanol–water partition coefficient (Wildman–Crippen LogP) is 4.81. The molecule has 0 fully saturated rings. The molecule has 1 aliphatic rings. The number of hydrogen-bond donors (Lipinski definition) is 2. The first-order valence-electron chi connectivity index (χ1n) is 9.12. The van der Waals surface area contributed by atoms with Crippen molar-refractivity contribution in [1.29, 1.82) is 0 Å². The Morgan fingerprint density at radius 2 is 1.68 bits per heavy atom. The molecule has 144 valence electrons. The number of aryl methyl sites for hydroxylation is 1. The second-order valence-electron chi connectivity index (χ2n) is 7.03. The molecule has 0 saturated carbocycles. The fraction of sp³-hybridized carbons (Fsp3) is 0.182. The van der Waals surface area contributed by atoms with Gasteiger partial charge in [-0.3, -0.25) is 0 Å². The molecular weight excluding hydrogens is 436 g/mol. The highest BCUT2D eigenvalue weighted by molar-refractivity contribution is 9.10. The third-order valence-corrected chi connectivity index (χ3v) is 7.47. The van der Waals surface area contributed by atoms with Crippen LogP contribution in [0.15, 0.2) is 82.2 Å². The molecule has 0 aliphatic heterocycles. The fourth-order valence-corrected chi connectivity index (χ4v) is 5.18. The maximum atomic E-state index is 12.9. The van der Waals surface area contributed by atoms with Crippen molar-refractivity contribution >= 4 is 31.6 Å². The summed E-state index contributed by atoms with van der Waals surface area (Å²) in [6.45, 7) is 2.04. The van der Waals surface area contributed by atoms with E-state index < -0.39 is 10.0 Å². The molecule has 4 nitrogen and oxygen atoms in total. The highest BCUT2D eigenvalue weighted by atomic mass is 79.9. The Morgan fingerprint density at radius 1 is 0.964 bits per heavy atom. The monoisotopic (exact) mass is 456 g/mol. The number of anilines is 1. The van der Waals surface area contributed by atoms with Gasteiger partial charge in [-0.25, -0.2) is 13.1 Å². The van der Waals surface area contributed by atoms with E-state index in [4.69, 9.17) is 0 Å². The van der Waals surface area contributed by atoms with E-state index in [1.807, 2.05) is 37.3 Å². The summed E-state index contributed by atoms with van der Waals surface area (Å²) in [5.41, 5.74) is 4.38. The van der Waals surface area contributed by atoms with Crippen LogP contribution >= 0.6 is 15.9 Å². The number of rotatable bonds is 5. The summed E-state index contributed by atoms with van der Waals surface area (Å²) in [7, 11) is -3.60. The second kappa shape index (κ2) is 7.70. The molecule has 0 spiro atoms. The van der Waals surface area contributed by atoms with Crippen molar-refractivity contribution in [3.8, 4) is 0 Å². The molecule has 0 aromatic heterocycles. The van der Waals surface area contributed by atoms with Gasteiger partial charge in [0.1, 0.15) is 0 Å². The van der Waals surface area contributed by atoms with E-state index in [1.54, 1.807) is 24.3 Å². The van der Waals surface area contributed by atoms with E-state index in [9.17, 15) is 8.42 Å². The van der Waals surface area contributed by atoms with Crippen LogP contribution in [0.25, 0.3) is 0 Å². The zero-order chi connectivity index (χ0) is 19.7. The highest BCUT2D eigenvalue weighted by Gasteiger charge is 2.35. The van der Waals surface area contributed by atoms with Crippen molar-refractivity contribution in [2.75, 3.05) is 5.32 Å². The van der Waals surface area contributed by atoms with Crippen molar-refractivity contribution in [3.63, 3.8) is 0 Å². The van der Waals surface area contributed by atoms with E-state index >= 15 is 0 Å². The second-order valence-corrected chi connectivity index (χ2v) is 9.60. The van der Waals surface area contributed by atoms with Gasteiger partial charge in [0.15, 0.2) is 0 Å². The lowest BCUT2D eigenvalue weighted by atomic mass is 10.1. The van der Waals surface area contributed by atoms with Crippen LogP contribution in [-0.2, 0) is 16.4 Å². The van der Waals surface area contributed by atoms with Crippen LogP contribution in [0.1, 0.15) is 22.7 Å². The van der Waals surface area contributed by atoms with Gasteiger partial charge in [0.2, 0.25) is 10.0 Å². The largest absolute Gasteiger partial charge is 0.377 e. The van der Waals surface area contributed by atoms with E-state index in [-0.39, 0.29) is 17.0 Å². The quantitative estimate of drug-likeness (QED) is 0.578. The number of sulfonamides is 1. The Morgan fingerprint density at radius 3 is 2.43 bits per heavy atom. The number of hydrogen-bond acceptors (Lipinski definition) is 3. The number of halogens is 1. The highest BCUT2D eigenvalue weighted by Crippen LogP contribution is 2.35. The molecule has 3 aromatic rings. The lowest BCUT2D eigenvalue weighted by Crippen LogP contribution is -2.40. The Labute approximate surface area is 174 Å². The fourth-order valence-electron chi connectivity index (χ4n) is 3.66. The Bertz CT molecular complexity index is 1100. The summed E-state index contributed by atoms with van der Waals surface area (Å²) in [4.78, 5) is 0.282. The molecule has 0 amide bonds. The van der Waals surface area contributed by atoms with Crippen LogP contribution in [-0.4, -0.2) is 14.5 Å². The smallest absolute Gasteiger partial charge is 0.240 e. The minimum atomic E-state index is -3.60.